The first-order chi connectivity index (χ1) is 15.5. The summed E-state index contributed by atoms with van der Waals surface area (Å²) in [4.78, 5) is 14.7. The van der Waals surface area contributed by atoms with E-state index in [0.29, 0.717) is 25.3 Å². The number of nitrogens with zero attached hydrogens (tertiary/aromatic N) is 1. The smallest absolute Gasteiger partial charge is 0.240 e. The minimum absolute atomic E-state index is 0.0159. The largest absolute Gasteiger partial charge is 0.326 e. The molecule has 1 aliphatic rings. The summed E-state index contributed by atoms with van der Waals surface area (Å²) in [6.45, 7) is 4.40. The molecule has 11 heteroatoms. The van der Waals surface area contributed by atoms with Crippen molar-refractivity contribution >= 4 is 31.6 Å². The third-order valence-electron chi connectivity index (χ3n) is 5.62. The number of amides is 1. The monoisotopic (exact) mass is 494 g/mol. The van der Waals surface area contributed by atoms with E-state index in [1.807, 2.05) is 6.92 Å². The number of rotatable bonds is 9. The summed E-state index contributed by atoms with van der Waals surface area (Å²) < 4.78 is 50.3. The maximum absolute atomic E-state index is 12.5. The van der Waals surface area contributed by atoms with Gasteiger partial charge in [-0.25, -0.2) is 26.7 Å². The second-order valence-corrected chi connectivity index (χ2v) is 11.7. The fourth-order valence-corrected chi connectivity index (χ4v) is 5.39. The number of piperidine rings is 1. The van der Waals surface area contributed by atoms with Crippen LogP contribution in [0.1, 0.15) is 24.8 Å². The van der Waals surface area contributed by atoms with E-state index in [1.165, 1.54) is 24.3 Å². The van der Waals surface area contributed by atoms with Crippen LogP contribution in [0, 0.1) is 12.8 Å². The highest BCUT2D eigenvalue weighted by Gasteiger charge is 2.23. The zero-order valence-corrected chi connectivity index (χ0v) is 20.2. The molecule has 2 aromatic rings. The minimum atomic E-state index is -3.77. The summed E-state index contributed by atoms with van der Waals surface area (Å²) >= 11 is 0. The first kappa shape index (κ1) is 25.3. The van der Waals surface area contributed by atoms with E-state index in [4.69, 9.17) is 5.14 Å². The van der Waals surface area contributed by atoms with Gasteiger partial charge in [0, 0.05) is 31.7 Å². The lowest BCUT2D eigenvalue weighted by molar-refractivity contribution is -0.116. The quantitative estimate of drug-likeness (QED) is 0.485. The van der Waals surface area contributed by atoms with Crippen molar-refractivity contribution < 1.29 is 21.6 Å². The Morgan fingerprint density at radius 2 is 1.67 bits per heavy atom. The number of sulfonamides is 2. The number of nitrogens with one attached hydrogen (secondary N) is 2. The summed E-state index contributed by atoms with van der Waals surface area (Å²) in [5.41, 5.74) is 1.50. The molecule has 0 aliphatic carbocycles. The first-order valence-corrected chi connectivity index (χ1v) is 13.8. The summed E-state index contributed by atoms with van der Waals surface area (Å²) in [6.07, 6.45) is 2.14. The Bertz CT molecular complexity index is 1160. The molecular formula is C22H30N4O5S2. The van der Waals surface area contributed by atoms with Crippen LogP contribution in [0.4, 0.5) is 5.69 Å². The zero-order chi connectivity index (χ0) is 24.1. The third kappa shape index (κ3) is 7.61. The number of likely N-dealkylation sites (tertiary alicyclic amines) is 1. The van der Waals surface area contributed by atoms with E-state index in [2.05, 4.69) is 14.9 Å². The van der Waals surface area contributed by atoms with Crippen LogP contribution < -0.4 is 15.2 Å². The van der Waals surface area contributed by atoms with Crippen molar-refractivity contribution in [2.75, 3.05) is 31.5 Å². The Balaban J connectivity index is 1.44. The minimum Gasteiger partial charge on any atom is -0.326 e. The predicted octanol–water partition coefficient (Wildman–Crippen LogP) is 1.66. The second kappa shape index (κ2) is 10.7. The van der Waals surface area contributed by atoms with Crippen molar-refractivity contribution in [2.45, 2.75) is 36.0 Å². The number of benzene rings is 2. The molecule has 0 spiro atoms. The molecule has 1 atom stereocenters. The van der Waals surface area contributed by atoms with Crippen molar-refractivity contribution in [1.29, 1.82) is 0 Å². The Labute approximate surface area is 195 Å². The van der Waals surface area contributed by atoms with Crippen molar-refractivity contribution in [3.05, 3.63) is 54.1 Å². The predicted molar refractivity (Wildman–Crippen MR) is 127 cm³/mol. The number of nitrogens with two attached hydrogens (primary N) is 1. The molecule has 0 bridgehead atoms. The lowest BCUT2D eigenvalue weighted by Gasteiger charge is -2.32. The average Bonchev–Trinajstić information content (AvgIpc) is 2.77. The lowest BCUT2D eigenvalue weighted by atomic mass is 9.98. The van der Waals surface area contributed by atoms with Crippen LogP contribution in [0.5, 0.6) is 0 Å². The summed E-state index contributed by atoms with van der Waals surface area (Å²) in [5.74, 6) is -0.00616. The van der Waals surface area contributed by atoms with E-state index in [9.17, 15) is 21.6 Å². The van der Waals surface area contributed by atoms with Gasteiger partial charge in [0.2, 0.25) is 26.0 Å². The molecule has 1 saturated heterocycles. The fourth-order valence-electron chi connectivity index (χ4n) is 3.76. The number of aryl methyl sites for hydroxylation is 1. The van der Waals surface area contributed by atoms with Crippen LogP contribution in [-0.4, -0.2) is 53.8 Å². The first-order valence-electron chi connectivity index (χ1n) is 10.7. The maximum atomic E-state index is 12.5. The molecule has 2 aromatic carbocycles. The van der Waals surface area contributed by atoms with Crippen LogP contribution >= 0.6 is 0 Å². The number of hydrogen-bond donors (Lipinski definition) is 3. The molecule has 0 radical (unpaired) electrons. The van der Waals surface area contributed by atoms with E-state index in [-0.39, 0.29) is 28.0 Å². The van der Waals surface area contributed by atoms with E-state index in [0.717, 1.165) is 24.9 Å². The van der Waals surface area contributed by atoms with Gasteiger partial charge in [0.05, 0.1) is 9.79 Å². The number of carbonyl (C=O) groups is 1. The van der Waals surface area contributed by atoms with Gasteiger partial charge >= 0.3 is 0 Å². The molecule has 1 unspecified atom stereocenters. The maximum Gasteiger partial charge on any atom is 0.240 e. The van der Waals surface area contributed by atoms with Gasteiger partial charge in [-0.05, 0) is 68.6 Å². The summed E-state index contributed by atoms with van der Waals surface area (Å²) in [6, 6.07) is 12.4. The molecule has 0 aromatic heterocycles. The highest BCUT2D eigenvalue weighted by atomic mass is 32.2. The average molecular weight is 495 g/mol. The molecule has 9 nitrogen and oxygen atoms in total. The molecule has 0 saturated carbocycles. The normalized spacial score (nSPS) is 17.6. The van der Waals surface area contributed by atoms with Gasteiger partial charge in [0.1, 0.15) is 0 Å². The zero-order valence-electron chi connectivity index (χ0n) is 18.5. The molecule has 180 valence electrons. The molecular weight excluding hydrogens is 464 g/mol. The fraction of sp³-hybridized carbons (Fsp3) is 0.409. The molecule has 33 heavy (non-hydrogen) atoms. The third-order valence-corrected chi connectivity index (χ3v) is 7.99. The Morgan fingerprint density at radius 1 is 1.03 bits per heavy atom. The molecule has 1 aliphatic heterocycles. The van der Waals surface area contributed by atoms with E-state index in [1.54, 1.807) is 24.3 Å². The Kier molecular flexibility index (Phi) is 8.24. The van der Waals surface area contributed by atoms with Gasteiger partial charge in [-0.1, -0.05) is 17.7 Å². The van der Waals surface area contributed by atoms with Gasteiger partial charge in [0.25, 0.3) is 0 Å². The van der Waals surface area contributed by atoms with E-state index >= 15 is 0 Å². The molecule has 1 fully saturated rings. The standard InChI is InChI=1S/C22H30N4O5S2/c1-17-4-8-21(9-5-17)33(30,31)24-15-18-3-2-13-26(16-18)14-12-22(27)25-19-6-10-20(11-7-19)32(23,28)29/h4-11,18,24H,2-3,12-16H2,1H3,(H,25,27)(H2,23,28,29). The number of carbonyl (C=O) groups excluding carboxylic acids is 1. The van der Waals surface area contributed by atoms with Crippen LogP contribution in [0.15, 0.2) is 58.3 Å². The van der Waals surface area contributed by atoms with Crippen LogP contribution in [0.2, 0.25) is 0 Å². The van der Waals surface area contributed by atoms with Gasteiger partial charge in [0.15, 0.2) is 0 Å². The van der Waals surface area contributed by atoms with Gasteiger partial charge in [-0.2, -0.15) is 0 Å². The second-order valence-electron chi connectivity index (χ2n) is 8.34. The highest BCUT2D eigenvalue weighted by molar-refractivity contribution is 7.89. The molecule has 3 rings (SSSR count). The summed E-state index contributed by atoms with van der Waals surface area (Å²) in [7, 11) is -7.32. The van der Waals surface area contributed by atoms with Crippen molar-refractivity contribution in [3.63, 3.8) is 0 Å². The van der Waals surface area contributed by atoms with E-state index < -0.39 is 20.0 Å². The molecule has 4 N–H and O–H groups in total. The number of hydrogen-bond acceptors (Lipinski definition) is 6. The Hall–Kier alpha value is -2.31. The lowest BCUT2D eigenvalue weighted by Crippen LogP contribution is -2.41. The van der Waals surface area contributed by atoms with Crippen molar-refractivity contribution in [3.8, 4) is 0 Å². The number of anilines is 1. The van der Waals surface area contributed by atoms with Crippen molar-refractivity contribution in [1.82, 2.24) is 9.62 Å². The Morgan fingerprint density at radius 3 is 2.30 bits per heavy atom. The SMILES string of the molecule is Cc1ccc(S(=O)(=O)NCC2CCCN(CCC(=O)Nc3ccc(S(N)(=O)=O)cc3)C2)cc1. The highest BCUT2D eigenvalue weighted by Crippen LogP contribution is 2.18. The topological polar surface area (TPSA) is 139 Å². The van der Waals surface area contributed by atoms with Crippen LogP contribution in [0.25, 0.3) is 0 Å². The molecule has 1 heterocycles. The molecule has 1 amide bonds. The number of primary sulfonamides is 1. The van der Waals surface area contributed by atoms with Gasteiger partial charge < -0.3 is 10.2 Å². The van der Waals surface area contributed by atoms with Gasteiger partial charge in [-0.3, -0.25) is 4.79 Å². The van der Waals surface area contributed by atoms with Crippen LogP contribution in [0.3, 0.4) is 0 Å². The van der Waals surface area contributed by atoms with Gasteiger partial charge in [-0.15, -0.1) is 0 Å². The van der Waals surface area contributed by atoms with Crippen molar-refractivity contribution in [2.24, 2.45) is 11.1 Å². The van der Waals surface area contributed by atoms with Crippen LogP contribution in [-0.2, 0) is 24.8 Å². The summed E-state index contributed by atoms with van der Waals surface area (Å²) in [5, 5.41) is 7.82.